The van der Waals surface area contributed by atoms with E-state index < -0.39 is 11.9 Å². The van der Waals surface area contributed by atoms with Gasteiger partial charge < -0.3 is 10.1 Å². The van der Waals surface area contributed by atoms with Crippen LogP contribution in [0.2, 0.25) is 0 Å². The molecule has 2 rings (SSSR count). The molecule has 1 aromatic carbocycles. The maximum atomic E-state index is 11.7. The van der Waals surface area contributed by atoms with Crippen LogP contribution in [0.1, 0.15) is 31.7 Å². The van der Waals surface area contributed by atoms with Gasteiger partial charge in [-0.2, -0.15) is 0 Å². The van der Waals surface area contributed by atoms with Crippen molar-refractivity contribution in [3.63, 3.8) is 0 Å². The zero-order valence-corrected chi connectivity index (χ0v) is 10.4. The molecule has 0 heterocycles. The number of rotatable bonds is 3. The maximum Gasteiger partial charge on any atom is 0.396 e. The largest absolute Gasteiger partial charge is 0.459 e. The molecule has 4 heteroatoms. The van der Waals surface area contributed by atoms with Gasteiger partial charge in [0.05, 0.1) is 12.1 Å². The molecule has 96 valence electrons. The van der Waals surface area contributed by atoms with E-state index in [1.807, 2.05) is 30.3 Å². The Kier molecular flexibility index (Phi) is 3.65. The van der Waals surface area contributed by atoms with Crippen LogP contribution >= 0.6 is 0 Å². The van der Waals surface area contributed by atoms with E-state index in [9.17, 15) is 9.59 Å². The molecule has 0 saturated heterocycles. The summed E-state index contributed by atoms with van der Waals surface area (Å²) < 4.78 is 4.70. The number of hydrogen-bond acceptors (Lipinski definition) is 3. The van der Waals surface area contributed by atoms with Gasteiger partial charge in [0.2, 0.25) is 0 Å². The molecule has 0 bridgehead atoms. The highest BCUT2D eigenvalue weighted by Crippen LogP contribution is 2.41. The molecular weight excluding hydrogens is 230 g/mol. The van der Waals surface area contributed by atoms with E-state index in [1.54, 1.807) is 6.92 Å². The lowest BCUT2D eigenvalue weighted by Crippen LogP contribution is -2.53. The molecule has 0 aliphatic heterocycles. The van der Waals surface area contributed by atoms with Gasteiger partial charge in [0.1, 0.15) is 0 Å². The fraction of sp³-hybridized carbons (Fsp3) is 0.429. The van der Waals surface area contributed by atoms with Gasteiger partial charge in [0.25, 0.3) is 0 Å². The summed E-state index contributed by atoms with van der Waals surface area (Å²) in [5.74, 6) is -1.46. The molecule has 18 heavy (non-hydrogen) atoms. The third-order valence-electron chi connectivity index (χ3n) is 3.35. The first kappa shape index (κ1) is 12.6. The maximum absolute atomic E-state index is 11.7. The van der Waals surface area contributed by atoms with Crippen LogP contribution in [0.4, 0.5) is 0 Å². The molecule has 4 nitrogen and oxygen atoms in total. The molecule has 1 N–H and O–H groups in total. The van der Waals surface area contributed by atoms with Crippen LogP contribution in [0.3, 0.4) is 0 Å². The zero-order valence-electron chi connectivity index (χ0n) is 10.4. The standard InChI is InChI=1S/C14H17NO3/c1-2-18-13(17)12(16)15-14(9-6-10-14)11-7-4-3-5-8-11/h3-5,7-8H,2,6,9-10H2,1H3,(H,15,16). The topological polar surface area (TPSA) is 55.4 Å². The first-order chi connectivity index (χ1) is 8.68. The number of nitrogens with one attached hydrogen (secondary N) is 1. The van der Waals surface area contributed by atoms with E-state index >= 15 is 0 Å². The van der Waals surface area contributed by atoms with E-state index in [0.717, 1.165) is 24.8 Å². The van der Waals surface area contributed by atoms with Crippen LogP contribution < -0.4 is 5.32 Å². The van der Waals surface area contributed by atoms with Crippen molar-refractivity contribution in [2.24, 2.45) is 0 Å². The third-order valence-corrected chi connectivity index (χ3v) is 3.35. The lowest BCUT2D eigenvalue weighted by atomic mass is 9.72. The van der Waals surface area contributed by atoms with E-state index in [4.69, 9.17) is 4.74 Å². The fourth-order valence-electron chi connectivity index (χ4n) is 2.24. The third kappa shape index (κ3) is 2.37. The highest BCUT2D eigenvalue weighted by molar-refractivity contribution is 6.32. The van der Waals surface area contributed by atoms with Gasteiger partial charge in [-0.1, -0.05) is 30.3 Å². The Labute approximate surface area is 106 Å². The summed E-state index contributed by atoms with van der Waals surface area (Å²) in [7, 11) is 0. The summed E-state index contributed by atoms with van der Waals surface area (Å²) >= 11 is 0. The molecule has 1 fully saturated rings. The van der Waals surface area contributed by atoms with Gasteiger partial charge in [0.15, 0.2) is 0 Å². The van der Waals surface area contributed by atoms with Gasteiger partial charge in [-0.3, -0.25) is 4.79 Å². The second kappa shape index (κ2) is 5.21. The lowest BCUT2D eigenvalue weighted by molar-refractivity contribution is -0.156. The average Bonchev–Trinajstić information content (AvgIpc) is 2.35. The smallest absolute Gasteiger partial charge is 0.396 e. The Morgan fingerprint density at radius 2 is 1.94 bits per heavy atom. The summed E-state index contributed by atoms with van der Waals surface area (Å²) in [4.78, 5) is 23.1. The monoisotopic (exact) mass is 247 g/mol. The molecule has 0 atom stereocenters. The Morgan fingerprint density at radius 3 is 2.44 bits per heavy atom. The minimum atomic E-state index is -0.806. The zero-order chi connectivity index (χ0) is 13.0. The number of benzene rings is 1. The highest BCUT2D eigenvalue weighted by atomic mass is 16.5. The Hall–Kier alpha value is -1.84. The van der Waals surface area contributed by atoms with Crippen molar-refractivity contribution in [1.82, 2.24) is 5.32 Å². The minimum Gasteiger partial charge on any atom is -0.459 e. The van der Waals surface area contributed by atoms with E-state index in [2.05, 4.69) is 5.32 Å². The molecule has 0 unspecified atom stereocenters. The quantitative estimate of drug-likeness (QED) is 0.654. The Balaban J connectivity index is 2.10. The molecule has 0 aromatic heterocycles. The van der Waals surface area contributed by atoms with Gasteiger partial charge in [-0.15, -0.1) is 0 Å². The normalized spacial score (nSPS) is 16.5. The van der Waals surface area contributed by atoms with Crippen molar-refractivity contribution >= 4 is 11.9 Å². The van der Waals surface area contributed by atoms with Crippen LogP contribution in [-0.2, 0) is 19.9 Å². The van der Waals surface area contributed by atoms with Crippen molar-refractivity contribution < 1.29 is 14.3 Å². The van der Waals surface area contributed by atoms with Crippen LogP contribution in [0.5, 0.6) is 0 Å². The SMILES string of the molecule is CCOC(=O)C(=O)NC1(c2ccccc2)CCC1. The highest BCUT2D eigenvalue weighted by Gasteiger charge is 2.41. The summed E-state index contributed by atoms with van der Waals surface area (Å²) in [5, 5.41) is 2.82. The van der Waals surface area contributed by atoms with Gasteiger partial charge in [0, 0.05) is 0 Å². The summed E-state index contributed by atoms with van der Waals surface area (Å²) in [6.07, 6.45) is 2.78. The van der Waals surface area contributed by atoms with E-state index in [1.165, 1.54) is 0 Å². The summed E-state index contributed by atoms with van der Waals surface area (Å²) in [6.45, 7) is 1.89. The second-order valence-corrected chi connectivity index (χ2v) is 4.48. The van der Waals surface area contributed by atoms with E-state index in [0.29, 0.717) is 0 Å². The number of amides is 1. The summed E-state index contributed by atoms with van der Waals surface area (Å²) in [6, 6.07) is 9.76. The van der Waals surface area contributed by atoms with Gasteiger partial charge in [-0.05, 0) is 31.7 Å². The van der Waals surface area contributed by atoms with Gasteiger partial charge >= 0.3 is 11.9 Å². The van der Waals surface area contributed by atoms with Gasteiger partial charge in [-0.25, -0.2) is 4.79 Å². The van der Waals surface area contributed by atoms with Crippen molar-refractivity contribution in [2.45, 2.75) is 31.7 Å². The predicted octanol–water partition coefficient (Wildman–Crippen LogP) is 1.75. The summed E-state index contributed by atoms with van der Waals surface area (Å²) in [5.41, 5.74) is 0.666. The van der Waals surface area contributed by atoms with Crippen molar-refractivity contribution in [1.29, 1.82) is 0 Å². The van der Waals surface area contributed by atoms with Crippen LogP contribution in [0.25, 0.3) is 0 Å². The first-order valence-corrected chi connectivity index (χ1v) is 6.23. The molecule has 1 aliphatic carbocycles. The van der Waals surface area contributed by atoms with Crippen molar-refractivity contribution in [2.75, 3.05) is 6.61 Å². The Morgan fingerprint density at radius 1 is 1.28 bits per heavy atom. The number of esters is 1. The molecule has 0 spiro atoms. The van der Waals surface area contributed by atoms with Crippen molar-refractivity contribution in [3.05, 3.63) is 35.9 Å². The van der Waals surface area contributed by atoms with Crippen LogP contribution in [-0.4, -0.2) is 18.5 Å². The van der Waals surface area contributed by atoms with Crippen LogP contribution in [0.15, 0.2) is 30.3 Å². The lowest BCUT2D eigenvalue weighted by Gasteiger charge is -2.42. The number of hydrogen-bond donors (Lipinski definition) is 1. The molecule has 1 aromatic rings. The number of ether oxygens (including phenoxy) is 1. The minimum absolute atomic E-state index is 0.213. The number of carbonyl (C=O) groups is 2. The fourth-order valence-corrected chi connectivity index (χ4v) is 2.24. The Bertz CT molecular complexity index is 438. The van der Waals surface area contributed by atoms with E-state index in [-0.39, 0.29) is 12.1 Å². The van der Waals surface area contributed by atoms with Crippen molar-refractivity contribution in [3.8, 4) is 0 Å². The molecule has 1 saturated carbocycles. The molecule has 1 amide bonds. The molecule has 0 radical (unpaired) electrons. The second-order valence-electron chi connectivity index (χ2n) is 4.48. The average molecular weight is 247 g/mol. The predicted molar refractivity (Wildman–Crippen MR) is 66.7 cm³/mol. The first-order valence-electron chi connectivity index (χ1n) is 6.23. The van der Waals surface area contributed by atoms with Crippen LogP contribution in [0, 0.1) is 0 Å². The number of carbonyl (C=O) groups excluding carboxylic acids is 2. The molecular formula is C14H17NO3. The molecule has 1 aliphatic rings.